The van der Waals surface area contributed by atoms with Gasteiger partial charge >= 0.3 is 0 Å². The Labute approximate surface area is 163 Å². The summed E-state index contributed by atoms with van der Waals surface area (Å²) in [7, 11) is 0. The van der Waals surface area contributed by atoms with E-state index in [-0.39, 0.29) is 18.2 Å². The third kappa shape index (κ3) is 3.51. The SMILES string of the molecule is CC(C)N1CC[C@H]2CN(C(=O)CC(=O)N3C[C@H]4CCN(C(C)C)[C@H]4C3)C[C@H]21. The molecule has 4 atom stereocenters. The van der Waals surface area contributed by atoms with Gasteiger partial charge in [0.05, 0.1) is 0 Å². The Kier molecular flexibility index (Phi) is 5.23. The largest absolute Gasteiger partial charge is 0.340 e. The van der Waals surface area contributed by atoms with Crippen molar-refractivity contribution in [3.05, 3.63) is 0 Å². The van der Waals surface area contributed by atoms with Crippen LogP contribution in [0, 0.1) is 11.8 Å². The van der Waals surface area contributed by atoms with E-state index in [0.717, 1.165) is 39.3 Å². The van der Waals surface area contributed by atoms with Crippen LogP contribution in [0.4, 0.5) is 0 Å². The molecule has 0 spiro atoms. The first kappa shape index (κ1) is 19.2. The molecule has 4 heterocycles. The van der Waals surface area contributed by atoms with Crippen LogP contribution in [-0.4, -0.2) is 94.8 Å². The second-order valence-corrected chi connectivity index (χ2v) is 9.67. The lowest BCUT2D eigenvalue weighted by molar-refractivity contribution is -0.140. The number of hydrogen-bond donors (Lipinski definition) is 0. The van der Waals surface area contributed by atoms with Crippen molar-refractivity contribution in [3.8, 4) is 0 Å². The zero-order valence-electron chi connectivity index (χ0n) is 17.4. The van der Waals surface area contributed by atoms with Gasteiger partial charge in [-0.1, -0.05) is 0 Å². The van der Waals surface area contributed by atoms with Crippen molar-refractivity contribution >= 4 is 11.8 Å². The van der Waals surface area contributed by atoms with Crippen LogP contribution in [-0.2, 0) is 9.59 Å². The zero-order valence-corrected chi connectivity index (χ0v) is 17.4. The van der Waals surface area contributed by atoms with E-state index in [1.807, 2.05) is 9.80 Å². The minimum atomic E-state index is 0.0379. The number of carbonyl (C=O) groups is 2. The quantitative estimate of drug-likeness (QED) is 0.693. The highest BCUT2D eigenvalue weighted by atomic mass is 16.2. The predicted molar refractivity (Wildman–Crippen MR) is 105 cm³/mol. The summed E-state index contributed by atoms with van der Waals surface area (Å²) >= 11 is 0. The molecule has 4 fully saturated rings. The fourth-order valence-electron chi connectivity index (χ4n) is 6.03. The van der Waals surface area contributed by atoms with Crippen molar-refractivity contribution in [2.45, 2.75) is 71.1 Å². The summed E-state index contributed by atoms with van der Waals surface area (Å²) in [5.41, 5.74) is 0. The predicted octanol–water partition coefficient (Wildman–Crippen LogP) is 1.26. The molecule has 4 rings (SSSR count). The van der Waals surface area contributed by atoms with Gasteiger partial charge in [-0.25, -0.2) is 0 Å². The maximum atomic E-state index is 12.8. The summed E-state index contributed by atoms with van der Waals surface area (Å²) in [6.45, 7) is 14.5. The topological polar surface area (TPSA) is 47.1 Å². The molecule has 0 N–H and O–H groups in total. The molecule has 0 unspecified atom stereocenters. The van der Waals surface area contributed by atoms with Gasteiger partial charge in [0.1, 0.15) is 6.42 Å². The Morgan fingerprint density at radius 1 is 0.741 bits per heavy atom. The molecule has 152 valence electrons. The normalized spacial score (nSPS) is 34.1. The van der Waals surface area contributed by atoms with E-state index in [4.69, 9.17) is 0 Å². The van der Waals surface area contributed by atoms with Gasteiger partial charge < -0.3 is 9.80 Å². The minimum Gasteiger partial charge on any atom is -0.340 e. The zero-order chi connectivity index (χ0) is 19.3. The maximum absolute atomic E-state index is 12.8. The molecule has 0 saturated carbocycles. The molecule has 6 nitrogen and oxygen atoms in total. The van der Waals surface area contributed by atoms with Crippen LogP contribution in [0.5, 0.6) is 0 Å². The second kappa shape index (κ2) is 7.36. The highest BCUT2D eigenvalue weighted by molar-refractivity contribution is 5.97. The van der Waals surface area contributed by atoms with E-state index in [2.05, 4.69) is 37.5 Å². The Hall–Kier alpha value is -1.14. The van der Waals surface area contributed by atoms with Gasteiger partial charge in [0.15, 0.2) is 0 Å². The number of amides is 2. The molecular formula is C21H36N4O2. The average Bonchev–Trinajstić information content (AvgIpc) is 3.32. The van der Waals surface area contributed by atoms with Crippen molar-refractivity contribution in [2.24, 2.45) is 11.8 Å². The third-order valence-corrected chi connectivity index (χ3v) is 7.52. The third-order valence-electron chi connectivity index (χ3n) is 7.52. The van der Waals surface area contributed by atoms with Crippen LogP contribution in [0.3, 0.4) is 0 Å². The lowest BCUT2D eigenvalue weighted by atomic mass is 10.0. The van der Waals surface area contributed by atoms with Crippen LogP contribution in [0.15, 0.2) is 0 Å². The van der Waals surface area contributed by atoms with E-state index in [1.54, 1.807) is 0 Å². The van der Waals surface area contributed by atoms with Crippen LogP contribution in [0.1, 0.15) is 47.0 Å². The van der Waals surface area contributed by atoms with Crippen LogP contribution < -0.4 is 0 Å². The second-order valence-electron chi connectivity index (χ2n) is 9.67. The lowest BCUT2D eigenvalue weighted by Gasteiger charge is -2.29. The summed E-state index contributed by atoms with van der Waals surface area (Å²) in [5, 5.41) is 0. The summed E-state index contributed by atoms with van der Waals surface area (Å²) in [4.78, 5) is 34.6. The maximum Gasteiger partial charge on any atom is 0.232 e. The molecule has 0 radical (unpaired) electrons. The average molecular weight is 377 g/mol. The number of hydrogen-bond acceptors (Lipinski definition) is 4. The van der Waals surface area contributed by atoms with Crippen LogP contribution >= 0.6 is 0 Å². The molecule has 0 aliphatic carbocycles. The Bertz CT molecular complexity index is 543. The van der Waals surface area contributed by atoms with E-state index >= 15 is 0 Å². The minimum absolute atomic E-state index is 0.0379. The molecule has 4 aliphatic rings. The summed E-state index contributed by atoms with van der Waals surface area (Å²) < 4.78 is 0. The number of rotatable bonds is 4. The van der Waals surface area contributed by atoms with Crippen molar-refractivity contribution in [1.82, 2.24) is 19.6 Å². The number of carbonyl (C=O) groups excluding carboxylic acids is 2. The lowest BCUT2D eigenvalue weighted by Crippen LogP contribution is -2.43. The molecule has 4 saturated heterocycles. The van der Waals surface area contributed by atoms with Crippen molar-refractivity contribution in [1.29, 1.82) is 0 Å². The fraction of sp³-hybridized carbons (Fsp3) is 0.905. The summed E-state index contributed by atoms with van der Waals surface area (Å²) in [6, 6.07) is 2.05. The molecule has 27 heavy (non-hydrogen) atoms. The summed E-state index contributed by atoms with van der Waals surface area (Å²) in [6.07, 6.45) is 2.42. The molecule has 4 aliphatic heterocycles. The van der Waals surface area contributed by atoms with Gasteiger partial charge in [0.25, 0.3) is 0 Å². The van der Waals surface area contributed by atoms with Gasteiger partial charge in [-0.15, -0.1) is 0 Å². The van der Waals surface area contributed by atoms with Gasteiger partial charge in [0, 0.05) is 50.3 Å². The van der Waals surface area contributed by atoms with Crippen LogP contribution in [0.25, 0.3) is 0 Å². The standard InChI is InChI=1S/C21H36N4O2/c1-14(2)24-7-5-16-10-22(12-18(16)24)20(26)9-21(27)23-11-17-6-8-25(15(3)4)19(17)13-23/h14-19H,5-13H2,1-4H3/t16-,17+,18+,19-. The molecule has 2 amide bonds. The fourth-order valence-corrected chi connectivity index (χ4v) is 6.03. The van der Waals surface area contributed by atoms with E-state index in [1.165, 1.54) is 12.8 Å². The van der Waals surface area contributed by atoms with E-state index in [0.29, 0.717) is 36.0 Å². The van der Waals surface area contributed by atoms with Gasteiger partial charge in [-0.3, -0.25) is 19.4 Å². The van der Waals surface area contributed by atoms with E-state index < -0.39 is 0 Å². The highest BCUT2D eigenvalue weighted by Gasteiger charge is 2.45. The highest BCUT2D eigenvalue weighted by Crippen LogP contribution is 2.34. The van der Waals surface area contributed by atoms with Gasteiger partial charge in [0.2, 0.25) is 11.8 Å². The Morgan fingerprint density at radius 3 is 1.52 bits per heavy atom. The molecule has 6 heteroatoms. The van der Waals surface area contributed by atoms with Gasteiger partial charge in [-0.2, -0.15) is 0 Å². The van der Waals surface area contributed by atoms with Crippen LogP contribution in [0.2, 0.25) is 0 Å². The molecule has 0 aromatic heterocycles. The first-order valence-electron chi connectivity index (χ1n) is 10.9. The molecule has 0 aromatic carbocycles. The first-order valence-corrected chi connectivity index (χ1v) is 10.9. The number of fused-ring (bicyclic) bond motifs is 2. The Balaban J connectivity index is 1.30. The summed E-state index contributed by atoms with van der Waals surface area (Å²) in [5.74, 6) is 1.26. The van der Waals surface area contributed by atoms with Gasteiger partial charge in [-0.05, 0) is 65.5 Å². The smallest absolute Gasteiger partial charge is 0.232 e. The van der Waals surface area contributed by atoms with Crippen molar-refractivity contribution in [3.63, 3.8) is 0 Å². The number of nitrogens with zero attached hydrogens (tertiary/aromatic N) is 4. The van der Waals surface area contributed by atoms with Crippen molar-refractivity contribution < 1.29 is 9.59 Å². The molecular weight excluding hydrogens is 340 g/mol. The molecule has 0 aromatic rings. The van der Waals surface area contributed by atoms with Crippen molar-refractivity contribution in [2.75, 3.05) is 39.3 Å². The monoisotopic (exact) mass is 376 g/mol. The Morgan fingerprint density at radius 2 is 1.15 bits per heavy atom. The van der Waals surface area contributed by atoms with E-state index in [9.17, 15) is 9.59 Å². The first-order chi connectivity index (χ1) is 12.8. The molecule has 0 bridgehead atoms. The number of likely N-dealkylation sites (tertiary alicyclic amines) is 4.